The largest absolute Gasteiger partial charge is 0.380 e. The first-order valence-electron chi connectivity index (χ1n) is 11.6. The molecule has 7 nitrogen and oxygen atoms in total. The van der Waals surface area contributed by atoms with Gasteiger partial charge in [0.05, 0.1) is 32.4 Å². The number of carbonyl (C=O) groups is 1. The molecule has 10 heteroatoms. The fourth-order valence-corrected chi connectivity index (χ4v) is 7.20. The second-order valence-corrected chi connectivity index (χ2v) is 11.5. The van der Waals surface area contributed by atoms with Crippen molar-refractivity contribution in [3.05, 3.63) is 87.7 Å². The van der Waals surface area contributed by atoms with Crippen molar-refractivity contribution in [1.29, 1.82) is 0 Å². The molecule has 4 aromatic rings. The Balaban J connectivity index is 1.45. The number of rotatable bonds is 7. The van der Waals surface area contributed by atoms with Gasteiger partial charge in [-0.15, -0.1) is 0 Å². The summed E-state index contributed by atoms with van der Waals surface area (Å²) in [4.78, 5) is 18.0. The minimum atomic E-state index is -3.73. The number of sulfonamides is 1. The van der Waals surface area contributed by atoms with Crippen molar-refractivity contribution in [3.8, 4) is 0 Å². The van der Waals surface area contributed by atoms with Crippen LogP contribution in [0.1, 0.15) is 22.8 Å². The minimum absolute atomic E-state index is 0.135. The lowest BCUT2D eigenvalue weighted by atomic mass is 10.2. The Kier molecular flexibility index (Phi) is 6.98. The van der Waals surface area contributed by atoms with E-state index in [1.807, 2.05) is 47.9 Å². The number of aromatic nitrogens is 1. The fraction of sp³-hybridized carbons (Fsp3) is 0.231. The molecule has 0 bridgehead atoms. The molecule has 1 amide bonds. The molecule has 0 saturated heterocycles. The normalized spacial score (nSPS) is 13.9. The van der Waals surface area contributed by atoms with Crippen LogP contribution < -0.4 is 9.11 Å². The number of nitrogens with zero attached hydrogens (tertiary/aromatic N) is 3. The maximum absolute atomic E-state index is 13.3. The fourth-order valence-electron chi connectivity index (χ4n) is 4.29. The zero-order chi connectivity index (χ0) is 25.3. The van der Waals surface area contributed by atoms with Gasteiger partial charge in [0.1, 0.15) is 0 Å². The number of fused-ring (bicyclic) bond motifs is 2. The molecule has 0 saturated carbocycles. The van der Waals surface area contributed by atoms with Crippen molar-refractivity contribution in [2.75, 3.05) is 24.1 Å². The van der Waals surface area contributed by atoms with Crippen LogP contribution in [0.2, 0.25) is 5.02 Å². The summed E-state index contributed by atoms with van der Waals surface area (Å²) in [5.41, 5.74) is 2.82. The molecule has 36 heavy (non-hydrogen) atoms. The van der Waals surface area contributed by atoms with Gasteiger partial charge in [0.25, 0.3) is 15.9 Å². The number of hydrogen-bond donors (Lipinski definition) is 0. The summed E-state index contributed by atoms with van der Waals surface area (Å²) in [5, 5.41) is 0.576. The number of amides is 1. The van der Waals surface area contributed by atoms with Crippen molar-refractivity contribution < 1.29 is 17.9 Å². The quantitative estimate of drug-likeness (QED) is 0.312. The van der Waals surface area contributed by atoms with E-state index in [1.54, 1.807) is 6.07 Å². The number of thiazole rings is 1. The number of carbonyl (C=O) groups excluding carboxylic acids is 1. The molecule has 186 valence electrons. The topological polar surface area (TPSA) is 81.0 Å². The van der Waals surface area contributed by atoms with Crippen LogP contribution in [0.4, 0.5) is 5.69 Å². The van der Waals surface area contributed by atoms with Gasteiger partial charge in [0, 0.05) is 25.3 Å². The summed E-state index contributed by atoms with van der Waals surface area (Å²) in [6.07, 6.45) is 0.674. The van der Waals surface area contributed by atoms with E-state index >= 15 is 0 Å². The maximum Gasteiger partial charge on any atom is 0.279 e. The average Bonchev–Trinajstić information content (AvgIpc) is 3.47. The predicted octanol–water partition coefficient (Wildman–Crippen LogP) is 4.89. The highest BCUT2D eigenvalue weighted by Gasteiger charge is 2.30. The van der Waals surface area contributed by atoms with Gasteiger partial charge in [0.2, 0.25) is 0 Å². The Morgan fingerprint density at radius 3 is 2.64 bits per heavy atom. The van der Waals surface area contributed by atoms with Crippen LogP contribution in [0.3, 0.4) is 0 Å². The molecule has 3 aromatic carbocycles. The van der Waals surface area contributed by atoms with Crippen molar-refractivity contribution in [2.45, 2.75) is 24.8 Å². The summed E-state index contributed by atoms with van der Waals surface area (Å²) in [7, 11) is -3.73. The summed E-state index contributed by atoms with van der Waals surface area (Å²) in [5.74, 6) is -0.460. The molecule has 0 aliphatic carbocycles. The average molecular weight is 542 g/mol. The van der Waals surface area contributed by atoms with Gasteiger partial charge < -0.3 is 9.30 Å². The van der Waals surface area contributed by atoms with Crippen LogP contribution in [0.5, 0.6) is 0 Å². The number of ether oxygens (including phenoxy) is 1. The molecule has 0 fully saturated rings. The lowest BCUT2D eigenvalue weighted by Gasteiger charge is -2.19. The number of anilines is 1. The maximum atomic E-state index is 13.3. The van der Waals surface area contributed by atoms with Crippen molar-refractivity contribution in [2.24, 2.45) is 4.99 Å². The third kappa shape index (κ3) is 4.59. The minimum Gasteiger partial charge on any atom is -0.380 e. The first-order valence-corrected chi connectivity index (χ1v) is 14.2. The second-order valence-electron chi connectivity index (χ2n) is 8.22. The van der Waals surface area contributed by atoms with E-state index < -0.39 is 15.9 Å². The van der Waals surface area contributed by atoms with Crippen LogP contribution in [0.25, 0.3) is 10.2 Å². The van der Waals surface area contributed by atoms with Crippen molar-refractivity contribution in [3.63, 3.8) is 0 Å². The summed E-state index contributed by atoms with van der Waals surface area (Å²) >= 11 is 7.81. The Morgan fingerprint density at radius 2 is 1.86 bits per heavy atom. The first-order chi connectivity index (χ1) is 17.4. The molecule has 0 unspecified atom stereocenters. The van der Waals surface area contributed by atoms with Gasteiger partial charge in [-0.3, -0.25) is 9.10 Å². The monoisotopic (exact) mass is 541 g/mol. The molecule has 1 aliphatic rings. The summed E-state index contributed by atoms with van der Waals surface area (Å²) in [6, 6.07) is 19.0. The third-order valence-corrected chi connectivity index (χ3v) is 9.22. The number of para-hydroxylation sites is 2. The van der Waals surface area contributed by atoms with Gasteiger partial charge in [-0.05, 0) is 61.4 Å². The molecule has 1 aromatic heterocycles. The van der Waals surface area contributed by atoms with Gasteiger partial charge in [-0.1, -0.05) is 47.2 Å². The van der Waals surface area contributed by atoms with Crippen LogP contribution in [-0.2, 0) is 27.7 Å². The van der Waals surface area contributed by atoms with Crippen LogP contribution in [0.15, 0.2) is 76.6 Å². The predicted molar refractivity (Wildman–Crippen MR) is 142 cm³/mol. The highest BCUT2D eigenvalue weighted by Crippen LogP contribution is 2.32. The van der Waals surface area contributed by atoms with Gasteiger partial charge in [-0.25, -0.2) is 8.42 Å². The molecule has 0 radical (unpaired) electrons. The number of benzene rings is 3. The lowest BCUT2D eigenvalue weighted by Crippen LogP contribution is -2.29. The second kappa shape index (κ2) is 10.2. The van der Waals surface area contributed by atoms with E-state index in [-0.39, 0.29) is 4.90 Å². The molecule has 0 N–H and O–H groups in total. The Hall–Kier alpha value is -2.98. The molecular weight excluding hydrogens is 518 g/mol. The number of halogens is 1. The lowest BCUT2D eigenvalue weighted by molar-refractivity contribution is 0.0996. The smallest absolute Gasteiger partial charge is 0.279 e. The van der Waals surface area contributed by atoms with E-state index in [4.69, 9.17) is 16.3 Å². The standard InChI is InChI=1S/C26H24ClN3O4S2/c1-2-34-17-16-29-24-21(27)7-5-9-23(24)35-26(29)28-25(31)19-10-12-20(13-11-19)36(32,33)30-15-14-18-6-3-4-8-22(18)30/h3-13H,2,14-17H2,1H3. The van der Waals surface area contributed by atoms with Crippen molar-refractivity contribution in [1.82, 2.24) is 4.57 Å². The van der Waals surface area contributed by atoms with Crippen LogP contribution >= 0.6 is 22.9 Å². The summed E-state index contributed by atoms with van der Waals surface area (Å²) in [6.45, 7) is 3.86. The highest BCUT2D eigenvalue weighted by molar-refractivity contribution is 7.92. The highest BCUT2D eigenvalue weighted by atomic mass is 35.5. The van der Waals surface area contributed by atoms with Crippen LogP contribution in [-0.4, -0.2) is 38.7 Å². The zero-order valence-electron chi connectivity index (χ0n) is 19.6. The molecule has 1 aliphatic heterocycles. The third-order valence-electron chi connectivity index (χ3n) is 6.05. The van der Waals surface area contributed by atoms with Gasteiger partial charge in [0.15, 0.2) is 4.80 Å². The molecular formula is C26H24ClN3O4S2. The van der Waals surface area contributed by atoms with Gasteiger partial charge in [-0.2, -0.15) is 4.99 Å². The number of hydrogen-bond acceptors (Lipinski definition) is 5. The first kappa shape index (κ1) is 24.7. The van der Waals surface area contributed by atoms with E-state index in [2.05, 4.69) is 4.99 Å². The summed E-state index contributed by atoms with van der Waals surface area (Å²) < 4.78 is 36.3. The van der Waals surface area contributed by atoms with E-state index in [0.717, 1.165) is 15.8 Å². The van der Waals surface area contributed by atoms with Crippen molar-refractivity contribution >= 4 is 54.8 Å². The Bertz CT molecular complexity index is 1610. The Labute approximate surface area is 218 Å². The van der Waals surface area contributed by atoms with E-state index in [1.165, 1.54) is 39.9 Å². The Morgan fingerprint density at radius 1 is 1.08 bits per heavy atom. The molecule has 0 atom stereocenters. The molecule has 2 heterocycles. The zero-order valence-corrected chi connectivity index (χ0v) is 21.9. The van der Waals surface area contributed by atoms with Gasteiger partial charge >= 0.3 is 0 Å². The SMILES string of the molecule is CCOCCn1c(=NC(=O)c2ccc(S(=O)(=O)N3CCc4ccccc43)cc2)sc2cccc(Cl)c21. The van der Waals surface area contributed by atoms with E-state index in [0.29, 0.717) is 53.8 Å². The van der Waals surface area contributed by atoms with E-state index in [9.17, 15) is 13.2 Å². The molecule has 5 rings (SSSR count). The van der Waals surface area contributed by atoms with Crippen LogP contribution in [0, 0.1) is 0 Å². The molecule has 0 spiro atoms.